The Morgan fingerprint density at radius 3 is 2.67 bits per heavy atom. The van der Waals surface area contributed by atoms with Gasteiger partial charge in [0.2, 0.25) is 11.8 Å². The summed E-state index contributed by atoms with van der Waals surface area (Å²) in [6.07, 6.45) is 4.92. The number of hydrogen-bond acceptors (Lipinski definition) is 7. The van der Waals surface area contributed by atoms with E-state index in [4.69, 9.17) is 26.1 Å². The van der Waals surface area contributed by atoms with Crippen molar-refractivity contribution in [2.45, 2.75) is 50.9 Å². The van der Waals surface area contributed by atoms with Crippen LogP contribution in [0.25, 0.3) is 11.0 Å². The maximum absolute atomic E-state index is 14.5. The lowest BCUT2D eigenvalue weighted by Crippen LogP contribution is -2.36. The van der Waals surface area contributed by atoms with Crippen LogP contribution < -0.4 is 9.64 Å². The fourth-order valence-corrected chi connectivity index (χ4v) is 6.32. The van der Waals surface area contributed by atoms with Crippen LogP contribution >= 0.6 is 11.6 Å². The first-order valence-corrected chi connectivity index (χ1v) is 14.4. The van der Waals surface area contributed by atoms with Gasteiger partial charge in [-0.3, -0.25) is 0 Å². The summed E-state index contributed by atoms with van der Waals surface area (Å²) in [5.41, 5.74) is 2.18. The molecule has 1 aliphatic carbocycles. The van der Waals surface area contributed by atoms with Gasteiger partial charge >= 0.3 is 5.97 Å². The molecule has 4 heterocycles. The third-order valence-corrected chi connectivity index (χ3v) is 9.06. The van der Waals surface area contributed by atoms with E-state index in [-0.39, 0.29) is 46.1 Å². The Labute approximate surface area is 245 Å². The predicted molar refractivity (Wildman–Crippen MR) is 150 cm³/mol. The molecule has 1 saturated carbocycles. The number of imidazole rings is 1. The molecule has 2 aromatic heterocycles. The van der Waals surface area contributed by atoms with E-state index in [0.717, 1.165) is 55.3 Å². The zero-order chi connectivity index (χ0) is 29.0. The van der Waals surface area contributed by atoms with Crippen LogP contribution in [0.4, 0.5) is 14.7 Å². The van der Waals surface area contributed by atoms with Crippen LogP contribution in [0, 0.1) is 17.0 Å². The average Bonchev–Trinajstić information content (AvgIpc) is 3.52. The van der Waals surface area contributed by atoms with Crippen LogP contribution in [-0.2, 0) is 17.9 Å². The van der Waals surface area contributed by atoms with E-state index in [1.807, 2.05) is 4.90 Å². The molecule has 2 aromatic carbocycles. The number of carboxylic acid groups (broad SMARTS) is 1. The van der Waals surface area contributed by atoms with Crippen LogP contribution in [0.2, 0.25) is 5.02 Å². The average molecular weight is 596 g/mol. The number of ether oxygens (including phenoxy) is 2. The first kappa shape index (κ1) is 27.0. The van der Waals surface area contributed by atoms with Crippen LogP contribution in [0.1, 0.15) is 53.3 Å². The molecule has 2 saturated heterocycles. The van der Waals surface area contributed by atoms with Crippen molar-refractivity contribution >= 4 is 34.6 Å². The second-order valence-corrected chi connectivity index (χ2v) is 11.8. The van der Waals surface area contributed by atoms with Gasteiger partial charge in [0.1, 0.15) is 18.2 Å². The van der Waals surface area contributed by atoms with Gasteiger partial charge in [0.05, 0.1) is 35.4 Å². The summed E-state index contributed by atoms with van der Waals surface area (Å²) in [5, 5.41) is 9.81. The molecule has 0 amide bonds. The Bertz CT molecular complexity index is 1690. The molecule has 0 unspecified atom stereocenters. The fourth-order valence-electron chi connectivity index (χ4n) is 6.16. The number of carboxylic acids is 1. The van der Waals surface area contributed by atoms with Crippen LogP contribution in [-0.4, -0.2) is 56.4 Å². The largest absolute Gasteiger partial charge is 0.478 e. The molecule has 42 heavy (non-hydrogen) atoms. The smallest absolute Gasteiger partial charge is 0.335 e. The van der Waals surface area contributed by atoms with E-state index < -0.39 is 17.6 Å². The number of carbonyl (C=O) groups is 1. The number of anilines is 1. The fraction of sp³-hybridized carbons (Fsp3) is 0.400. The highest BCUT2D eigenvalue weighted by molar-refractivity contribution is 6.30. The van der Waals surface area contributed by atoms with Gasteiger partial charge in [0.15, 0.2) is 0 Å². The molecule has 12 heteroatoms. The van der Waals surface area contributed by atoms with Crippen molar-refractivity contribution in [1.29, 1.82) is 0 Å². The maximum atomic E-state index is 14.5. The van der Waals surface area contributed by atoms with Crippen molar-refractivity contribution in [1.82, 2.24) is 19.5 Å². The minimum Gasteiger partial charge on any atom is -0.478 e. The third kappa shape index (κ3) is 4.94. The van der Waals surface area contributed by atoms with E-state index in [1.54, 1.807) is 24.3 Å². The molecule has 4 aromatic rings. The number of rotatable bonds is 8. The van der Waals surface area contributed by atoms with Gasteiger partial charge < -0.3 is 24.0 Å². The predicted octanol–water partition coefficient (Wildman–Crippen LogP) is 5.60. The first-order valence-electron chi connectivity index (χ1n) is 14.0. The molecular formula is C30H28ClF2N5O4. The summed E-state index contributed by atoms with van der Waals surface area (Å²) in [6, 6.07) is 9.30. The molecule has 2 atom stereocenters. The first-order chi connectivity index (χ1) is 20.3. The Balaban J connectivity index is 1.06. The van der Waals surface area contributed by atoms with E-state index in [2.05, 4.69) is 14.5 Å². The van der Waals surface area contributed by atoms with Gasteiger partial charge in [0, 0.05) is 36.2 Å². The highest BCUT2D eigenvalue weighted by Crippen LogP contribution is 2.65. The number of benzene rings is 2. The molecule has 0 radical (unpaired) electrons. The van der Waals surface area contributed by atoms with E-state index in [0.29, 0.717) is 25.6 Å². The minimum atomic E-state index is -0.963. The van der Waals surface area contributed by atoms with Crippen LogP contribution in [0.3, 0.4) is 0 Å². The Kier molecular flexibility index (Phi) is 6.73. The van der Waals surface area contributed by atoms with Crippen molar-refractivity contribution < 1.29 is 28.2 Å². The van der Waals surface area contributed by atoms with E-state index in [9.17, 15) is 18.7 Å². The Morgan fingerprint density at radius 2 is 1.95 bits per heavy atom. The summed E-state index contributed by atoms with van der Waals surface area (Å²) in [4.78, 5) is 27.1. The summed E-state index contributed by atoms with van der Waals surface area (Å²) in [7, 11) is 0. The van der Waals surface area contributed by atoms with Crippen molar-refractivity contribution in [3.8, 4) is 5.88 Å². The number of nitrogens with zero attached hydrogens (tertiary/aromatic N) is 5. The van der Waals surface area contributed by atoms with Gasteiger partial charge in [-0.25, -0.2) is 19.2 Å². The molecule has 2 aliphatic heterocycles. The molecule has 218 valence electrons. The maximum Gasteiger partial charge on any atom is 0.335 e. The van der Waals surface area contributed by atoms with Crippen molar-refractivity contribution in [3.05, 3.63) is 76.2 Å². The Morgan fingerprint density at radius 1 is 1.14 bits per heavy atom. The SMILES string of the molecule is O=C(O)c1ccc2nc([C@H]3CC34CCN(c3ncc(F)c(OCc5ccc(Cl)cc5F)n3)CC4)n(C[C@@H]3CCO3)c2c1. The molecule has 0 bridgehead atoms. The number of halogens is 3. The molecule has 9 nitrogen and oxygen atoms in total. The zero-order valence-corrected chi connectivity index (χ0v) is 23.4. The number of piperidine rings is 1. The van der Waals surface area contributed by atoms with Gasteiger partial charge in [-0.2, -0.15) is 9.37 Å². The van der Waals surface area contributed by atoms with E-state index in [1.165, 1.54) is 12.1 Å². The molecular weight excluding hydrogens is 568 g/mol. The third-order valence-electron chi connectivity index (χ3n) is 8.83. The standard InChI is InChI=1S/C30H28ClF2N5O4/c31-19-3-1-18(22(32)12-19)16-42-27-23(33)14-34-29(36-27)37-8-6-30(7-9-37)13-21(30)26-35-24-4-2-17(28(39)40)11-25(24)38(26)15-20-5-10-41-20/h1-4,11-12,14,20-21H,5-10,13,15-16H2,(H,39,40)/t20-,21+/m0/s1. The second-order valence-electron chi connectivity index (χ2n) is 11.3. The number of hydrogen-bond donors (Lipinski definition) is 1. The molecule has 1 spiro atoms. The summed E-state index contributed by atoms with van der Waals surface area (Å²) >= 11 is 5.81. The zero-order valence-electron chi connectivity index (χ0n) is 22.6. The van der Waals surface area contributed by atoms with Crippen molar-refractivity contribution in [2.24, 2.45) is 5.41 Å². The second kappa shape index (κ2) is 10.5. The molecule has 7 rings (SSSR count). The number of fused-ring (bicyclic) bond motifs is 1. The van der Waals surface area contributed by atoms with Crippen molar-refractivity contribution in [3.63, 3.8) is 0 Å². The Hall–Kier alpha value is -3.83. The van der Waals surface area contributed by atoms with Crippen LogP contribution in [0.15, 0.2) is 42.6 Å². The summed E-state index contributed by atoms with van der Waals surface area (Å²) in [5.74, 6) is -0.840. The molecule has 3 aliphatic rings. The normalized spacial score (nSPS) is 21.0. The topological polar surface area (TPSA) is 103 Å². The monoisotopic (exact) mass is 595 g/mol. The quantitative estimate of drug-likeness (QED) is 0.281. The molecule has 3 fully saturated rings. The summed E-state index contributed by atoms with van der Waals surface area (Å²) < 4.78 is 42.0. The number of aromatic carboxylic acids is 1. The van der Waals surface area contributed by atoms with Crippen molar-refractivity contribution in [2.75, 3.05) is 24.6 Å². The highest BCUT2D eigenvalue weighted by Gasteiger charge is 2.57. The minimum absolute atomic E-state index is 0.0806. The highest BCUT2D eigenvalue weighted by atomic mass is 35.5. The van der Waals surface area contributed by atoms with Crippen LogP contribution in [0.5, 0.6) is 5.88 Å². The lowest BCUT2D eigenvalue weighted by atomic mass is 9.90. The van der Waals surface area contributed by atoms with Gasteiger partial charge in [0.25, 0.3) is 5.88 Å². The van der Waals surface area contributed by atoms with Gasteiger partial charge in [-0.15, -0.1) is 0 Å². The number of aromatic nitrogens is 4. The van der Waals surface area contributed by atoms with Gasteiger partial charge in [-0.1, -0.05) is 17.7 Å². The summed E-state index contributed by atoms with van der Waals surface area (Å²) in [6.45, 7) is 2.57. The van der Waals surface area contributed by atoms with E-state index >= 15 is 0 Å². The lowest BCUT2D eigenvalue weighted by molar-refractivity contribution is -0.0590. The van der Waals surface area contributed by atoms with Gasteiger partial charge in [-0.05, 0) is 61.4 Å². The lowest BCUT2D eigenvalue weighted by Gasteiger charge is -2.33. The molecule has 1 N–H and O–H groups in total.